The van der Waals surface area contributed by atoms with Gasteiger partial charge in [0, 0.05) is 18.4 Å². The molecule has 0 bridgehead atoms. The number of carbonyl (C=O) groups excluding carboxylic acids is 1. The third-order valence-corrected chi connectivity index (χ3v) is 2.32. The second-order valence-corrected chi connectivity index (χ2v) is 3.95. The Morgan fingerprint density at radius 1 is 1.50 bits per heavy atom. The molecule has 2 heterocycles. The second kappa shape index (κ2) is 5.26. The number of nitrogens with two attached hydrogens (primary N) is 1. The summed E-state index contributed by atoms with van der Waals surface area (Å²) < 4.78 is 1.75. The van der Waals surface area contributed by atoms with Crippen LogP contribution in [0.3, 0.4) is 0 Å². The molecule has 3 N–H and O–H groups in total. The molecule has 7 nitrogen and oxygen atoms in total. The summed E-state index contributed by atoms with van der Waals surface area (Å²) in [4.78, 5) is 11.8. The summed E-state index contributed by atoms with van der Waals surface area (Å²) in [7, 11) is 0. The van der Waals surface area contributed by atoms with Crippen molar-refractivity contribution in [2.75, 3.05) is 5.73 Å². The molecule has 2 aromatic rings. The van der Waals surface area contributed by atoms with Gasteiger partial charge >= 0.3 is 0 Å². The molecule has 7 heteroatoms. The summed E-state index contributed by atoms with van der Waals surface area (Å²) in [6.45, 7) is 2.49. The van der Waals surface area contributed by atoms with Gasteiger partial charge in [0.1, 0.15) is 5.82 Å². The lowest BCUT2D eigenvalue weighted by atomic mass is 10.3. The molecular formula is C11H14N6O. The molecule has 0 aliphatic carbocycles. The van der Waals surface area contributed by atoms with E-state index in [4.69, 9.17) is 5.73 Å². The third kappa shape index (κ3) is 3.03. The molecule has 1 atom stereocenters. The molecule has 0 saturated heterocycles. The maximum Gasteiger partial charge on any atom is 0.272 e. The maximum absolute atomic E-state index is 11.8. The molecule has 2 aromatic heterocycles. The van der Waals surface area contributed by atoms with Gasteiger partial charge in [-0.3, -0.25) is 9.48 Å². The first-order valence-corrected chi connectivity index (χ1v) is 5.52. The van der Waals surface area contributed by atoms with Crippen molar-refractivity contribution in [3.8, 4) is 0 Å². The van der Waals surface area contributed by atoms with Crippen molar-refractivity contribution < 1.29 is 4.79 Å². The minimum absolute atomic E-state index is 0.0586. The van der Waals surface area contributed by atoms with Crippen molar-refractivity contribution >= 4 is 11.7 Å². The van der Waals surface area contributed by atoms with Gasteiger partial charge in [0.15, 0.2) is 5.69 Å². The SMILES string of the molecule is CC(Cn1cccn1)NC(=O)c1ccc(N)nn1. The predicted molar refractivity (Wildman–Crippen MR) is 65.6 cm³/mol. The molecule has 18 heavy (non-hydrogen) atoms. The topological polar surface area (TPSA) is 98.7 Å². The van der Waals surface area contributed by atoms with Gasteiger partial charge in [-0.1, -0.05) is 0 Å². The number of hydrogen-bond acceptors (Lipinski definition) is 5. The van der Waals surface area contributed by atoms with Crippen molar-refractivity contribution in [2.45, 2.75) is 19.5 Å². The number of nitrogens with zero attached hydrogens (tertiary/aromatic N) is 4. The van der Waals surface area contributed by atoms with E-state index < -0.39 is 0 Å². The second-order valence-electron chi connectivity index (χ2n) is 3.95. The minimum Gasteiger partial charge on any atom is -0.382 e. The van der Waals surface area contributed by atoms with Crippen molar-refractivity contribution in [2.24, 2.45) is 0 Å². The van der Waals surface area contributed by atoms with Crippen molar-refractivity contribution in [1.82, 2.24) is 25.3 Å². The summed E-state index contributed by atoms with van der Waals surface area (Å²) in [5.74, 6) is 0.0123. The van der Waals surface area contributed by atoms with E-state index in [1.807, 2.05) is 19.2 Å². The number of nitrogen functional groups attached to an aromatic ring is 1. The number of aromatic nitrogens is 4. The first-order chi connectivity index (χ1) is 8.65. The highest BCUT2D eigenvalue weighted by molar-refractivity contribution is 5.92. The fraction of sp³-hybridized carbons (Fsp3) is 0.273. The van der Waals surface area contributed by atoms with Crippen LogP contribution in [0.2, 0.25) is 0 Å². The van der Waals surface area contributed by atoms with Gasteiger partial charge in [-0.25, -0.2) is 0 Å². The maximum atomic E-state index is 11.8. The lowest BCUT2D eigenvalue weighted by Gasteiger charge is -2.13. The summed E-state index contributed by atoms with van der Waals surface area (Å²) in [6, 6.07) is 4.86. The van der Waals surface area contributed by atoms with Crippen LogP contribution in [0, 0.1) is 0 Å². The Morgan fingerprint density at radius 3 is 2.94 bits per heavy atom. The molecule has 0 aliphatic heterocycles. The van der Waals surface area contributed by atoms with Crippen molar-refractivity contribution in [3.63, 3.8) is 0 Å². The van der Waals surface area contributed by atoms with Crippen LogP contribution in [0.4, 0.5) is 5.82 Å². The fourth-order valence-electron chi connectivity index (χ4n) is 1.50. The Balaban J connectivity index is 1.92. The van der Waals surface area contributed by atoms with Crippen LogP contribution in [0.5, 0.6) is 0 Å². The first-order valence-electron chi connectivity index (χ1n) is 5.52. The number of nitrogens with one attached hydrogen (secondary N) is 1. The van der Waals surface area contributed by atoms with E-state index in [0.717, 1.165) is 0 Å². The lowest BCUT2D eigenvalue weighted by molar-refractivity contribution is 0.0930. The van der Waals surface area contributed by atoms with Gasteiger partial charge in [0.25, 0.3) is 5.91 Å². The number of rotatable bonds is 4. The highest BCUT2D eigenvalue weighted by Gasteiger charge is 2.11. The Hall–Kier alpha value is -2.44. The Morgan fingerprint density at radius 2 is 2.33 bits per heavy atom. The molecular weight excluding hydrogens is 232 g/mol. The van der Waals surface area contributed by atoms with E-state index in [1.165, 1.54) is 6.07 Å². The zero-order valence-corrected chi connectivity index (χ0v) is 9.95. The summed E-state index contributed by atoms with van der Waals surface area (Å²) in [5.41, 5.74) is 5.65. The van der Waals surface area contributed by atoms with Crippen LogP contribution in [0.25, 0.3) is 0 Å². The number of hydrogen-bond donors (Lipinski definition) is 2. The molecule has 2 rings (SSSR count). The van der Waals surface area contributed by atoms with Crippen LogP contribution in [0.1, 0.15) is 17.4 Å². The zero-order valence-electron chi connectivity index (χ0n) is 9.95. The number of amides is 1. The van der Waals surface area contributed by atoms with Crippen LogP contribution < -0.4 is 11.1 Å². The average Bonchev–Trinajstić information content (AvgIpc) is 2.82. The largest absolute Gasteiger partial charge is 0.382 e. The molecule has 0 aromatic carbocycles. The average molecular weight is 246 g/mol. The van der Waals surface area contributed by atoms with E-state index >= 15 is 0 Å². The molecule has 0 radical (unpaired) electrons. The summed E-state index contributed by atoms with van der Waals surface area (Å²) >= 11 is 0. The van der Waals surface area contributed by atoms with E-state index in [2.05, 4.69) is 20.6 Å². The highest BCUT2D eigenvalue weighted by Crippen LogP contribution is 1.98. The van der Waals surface area contributed by atoms with Gasteiger partial charge in [0.05, 0.1) is 6.54 Å². The van der Waals surface area contributed by atoms with Gasteiger partial charge in [-0.05, 0) is 25.1 Å². The van der Waals surface area contributed by atoms with Gasteiger partial charge in [-0.2, -0.15) is 5.10 Å². The van der Waals surface area contributed by atoms with Gasteiger partial charge in [0.2, 0.25) is 0 Å². The monoisotopic (exact) mass is 246 g/mol. The molecule has 0 saturated carbocycles. The van der Waals surface area contributed by atoms with E-state index in [9.17, 15) is 4.79 Å². The van der Waals surface area contributed by atoms with Crippen LogP contribution >= 0.6 is 0 Å². The standard InChI is InChI=1S/C11H14N6O/c1-8(7-17-6-2-5-13-17)14-11(18)9-3-4-10(12)16-15-9/h2-6,8H,7H2,1H3,(H2,12,16)(H,14,18). The Kier molecular flexibility index (Phi) is 3.52. The molecule has 0 fully saturated rings. The lowest BCUT2D eigenvalue weighted by Crippen LogP contribution is -2.36. The molecule has 94 valence electrons. The highest BCUT2D eigenvalue weighted by atomic mass is 16.2. The van der Waals surface area contributed by atoms with Gasteiger partial charge < -0.3 is 11.1 Å². The minimum atomic E-state index is -0.276. The van der Waals surface area contributed by atoms with E-state index in [1.54, 1.807) is 16.9 Å². The predicted octanol–water partition coefficient (Wildman–Crippen LogP) is 0.0738. The van der Waals surface area contributed by atoms with Crippen LogP contribution in [-0.4, -0.2) is 31.9 Å². The van der Waals surface area contributed by atoms with Crippen LogP contribution in [0.15, 0.2) is 30.6 Å². The quantitative estimate of drug-likeness (QED) is 0.795. The van der Waals surface area contributed by atoms with Crippen molar-refractivity contribution in [3.05, 3.63) is 36.3 Å². The van der Waals surface area contributed by atoms with E-state index in [0.29, 0.717) is 6.54 Å². The fourth-order valence-corrected chi connectivity index (χ4v) is 1.50. The normalized spacial score (nSPS) is 12.1. The summed E-state index contributed by atoms with van der Waals surface area (Å²) in [6.07, 6.45) is 3.53. The molecule has 0 spiro atoms. The summed E-state index contributed by atoms with van der Waals surface area (Å²) in [5, 5.41) is 14.2. The molecule has 0 aliphatic rings. The third-order valence-electron chi connectivity index (χ3n) is 2.32. The van der Waals surface area contributed by atoms with Gasteiger partial charge in [-0.15, -0.1) is 10.2 Å². The number of carbonyl (C=O) groups is 1. The molecule has 1 unspecified atom stereocenters. The van der Waals surface area contributed by atoms with E-state index in [-0.39, 0.29) is 23.5 Å². The first kappa shape index (κ1) is 12.0. The molecule has 1 amide bonds. The zero-order chi connectivity index (χ0) is 13.0. The number of anilines is 1. The Labute approximate surface area is 104 Å². The Bertz CT molecular complexity index is 507. The smallest absolute Gasteiger partial charge is 0.272 e. The van der Waals surface area contributed by atoms with Crippen LogP contribution in [-0.2, 0) is 6.54 Å². The van der Waals surface area contributed by atoms with Crippen molar-refractivity contribution in [1.29, 1.82) is 0 Å².